The Labute approximate surface area is 103 Å². The van der Waals surface area contributed by atoms with E-state index in [9.17, 15) is 9.18 Å². The number of hydrogen-bond donors (Lipinski definition) is 2. The lowest BCUT2D eigenvalue weighted by Crippen LogP contribution is -2.37. The second-order valence-electron chi connectivity index (χ2n) is 3.61. The standard InChI is InChI=1S/C11H13FN2O2S/c1-16-10-4-7(12)2-3-8(10)14-11(15)9-5-17-6-13-9/h2-4,9,13H,5-6H2,1H3,(H,14,15). The van der Waals surface area contributed by atoms with Crippen LogP contribution in [0.5, 0.6) is 5.75 Å². The number of amides is 1. The monoisotopic (exact) mass is 256 g/mol. The first-order valence-corrected chi connectivity index (χ1v) is 6.31. The summed E-state index contributed by atoms with van der Waals surface area (Å²) in [5.41, 5.74) is 0.484. The van der Waals surface area contributed by atoms with Crippen molar-refractivity contribution in [1.29, 1.82) is 0 Å². The lowest BCUT2D eigenvalue weighted by molar-refractivity contribution is -0.117. The van der Waals surface area contributed by atoms with Crippen molar-refractivity contribution in [2.75, 3.05) is 24.1 Å². The minimum Gasteiger partial charge on any atom is -0.494 e. The van der Waals surface area contributed by atoms with Crippen LogP contribution in [-0.4, -0.2) is 30.7 Å². The van der Waals surface area contributed by atoms with E-state index in [1.54, 1.807) is 11.8 Å². The molecule has 1 unspecified atom stereocenters. The van der Waals surface area contributed by atoms with Crippen molar-refractivity contribution in [1.82, 2.24) is 5.32 Å². The topological polar surface area (TPSA) is 50.4 Å². The molecule has 4 nitrogen and oxygen atoms in total. The minimum atomic E-state index is -0.394. The van der Waals surface area contributed by atoms with Crippen LogP contribution in [0.4, 0.5) is 10.1 Å². The molecule has 1 saturated heterocycles. The van der Waals surface area contributed by atoms with E-state index in [0.29, 0.717) is 11.4 Å². The summed E-state index contributed by atoms with van der Waals surface area (Å²) < 4.78 is 18.0. The Morgan fingerprint density at radius 1 is 1.65 bits per heavy atom. The lowest BCUT2D eigenvalue weighted by atomic mass is 10.2. The SMILES string of the molecule is COc1cc(F)ccc1NC(=O)C1CSCN1. The van der Waals surface area contributed by atoms with Gasteiger partial charge in [0.2, 0.25) is 5.91 Å². The van der Waals surface area contributed by atoms with Gasteiger partial charge in [-0.05, 0) is 12.1 Å². The molecule has 0 radical (unpaired) electrons. The van der Waals surface area contributed by atoms with Gasteiger partial charge in [0, 0.05) is 17.7 Å². The van der Waals surface area contributed by atoms with E-state index in [0.717, 1.165) is 11.6 Å². The predicted octanol–water partition coefficient (Wildman–Crippen LogP) is 1.44. The number of halogens is 1. The number of thioether (sulfide) groups is 1. The Hall–Kier alpha value is -1.27. The van der Waals surface area contributed by atoms with Crippen LogP contribution in [0, 0.1) is 5.82 Å². The normalized spacial score (nSPS) is 19.1. The molecule has 92 valence electrons. The second kappa shape index (κ2) is 5.37. The number of carbonyl (C=O) groups excluding carboxylic acids is 1. The maximum atomic E-state index is 13.0. The molecule has 1 aliphatic heterocycles. The highest BCUT2D eigenvalue weighted by molar-refractivity contribution is 7.99. The Kier molecular flexibility index (Phi) is 3.86. The highest BCUT2D eigenvalue weighted by Crippen LogP contribution is 2.25. The lowest BCUT2D eigenvalue weighted by Gasteiger charge is -2.13. The van der Waals surface area contributed by atoms with Gasteiger partial charge in [-0.3, -0.25) is 10.1 Å². The average Bonchev–Trinajstić information content (AvgIpc) is 2.85. The summed E-state index contributed by atoms with van der Waals surface area (Å²) in [5.74, 6) is 1.33. The molecule has 0 aromatic heterocycles. The summed E-state index contributed by atoms with van der Waals surface area (Å²) in [6, 6.07) is 3.82. The zero-order valence-corrected chi connectivity index (χ0v) is 10.1. The maximum Gasteiger partial charge on any atom is 0.242 e. The van der Waals surface area contributed by atoms with E-state index in [2.05, 4.69) is 10.6 Å². The van der Waals surface area contributed by atoms with Gasteiger partial charge in [-0.25, -0.2) is 4.39 Å². The van der Waals surface area contributed by atoms with Crippen LogP contribution in [0.1, 0.15) is 0 Å². The Morgan fingerprint density at radius 3 is 3.12 bits per heavy atom. The summed E-state index contributed by atoms with van der Waals surface area (Å²) in [6.45, 7) is 0. The van der Waals surface area contributed by atoms with Gasteiger partial charge in [0.1, 0.15) is 11.6 Å². The highest BCUT2D eigenvalue weighted by Gasteiger charge is 2.23. The first-order chi connectivity index (χ1) is 8.20. The van der Waals surface area contributed by atoms with Crippen LogP contribution in [0.25, 0.3) is 0 Å². The zero-order valence-electron chi connectivity index (χ0n) is 9.33. The number of rotatable bonds is 3. The van der Waals surface area contributed by atoms with Crippen LogP contribution < -0.4 is 15.4 Å². The molecule has 0 bridgehead atoms. The molecule has 2 rings (SSSR count). The van der Waals surface area contributed by atoms with Gasteiger partial charge in [0.05, 0.1) is 18.8 Å². The molecule has 1 atom stereocenters. The highest BCUT2D eigenvalue weighted by atomic mass is 32.2. The van der Waals surface area contributed by atoms with E-state index >= 15 is 0 Å². The molecule has 0 saturated carbocycles. The Morgan fingerprint density at radius 2 is 2.47 bits per heavy atom. The van der Waals surface area contributed by atoms with Crippen molar-refractivity contribution in [2.45, 2.75) is 6.04 Å². The van der Waals surface area contributed by atoms with E-state index in [1.165, 1.54) is 25.3 Å². The third-order valence-electron chi connectivity index (χ3n) is 2.45. The van der Waals surface area contributed by atoms with Gasteiger partial charge in [-0.1, -0.05) is 0 Å². The van der Waals surface area contributed by atoms with Gasteiger partial charge in [0.25, 0.3) is 0 Å². The molecule has 17 heavy (non-hydrogen) atoms. The van der Waals surface area contributed by atoms with Crippen molar-refractivity contribution in [3.05, 3.63) is 24.0 Å². The van der Waals surface area contributed by atoms with Crippen molar-refractivity contribution < 1.29 is 13.9 Å². The minimum absolute atomic E-state index is 0.125. The predicted molar refractivity (Wildman–Crippen MR) is 65.8 cm³/mol. The quantitative estimate of drug-likeness (QED) is 0.859. The van der Waals surface area contributed by atoms with Gasteiger partial charge in [-0.15, -0.1) is 11.8 Å². The van der Waals surface area contributed by atoms with E-state index in [1.807, 2.05) is 0 Å². The molecule has 1 aliphatic rings. The molecule has 6 heteroatoms. The van der Waals surface area contributed by atoms with Crippen LogP contribution in [0.15, 0.2) is 18.2 Å². The van der Waals surface area contributed by atoms with Gasteiger partial charge in [-0.2, -0.15) is 0 Å². The molecule has 2 N–H and O–H groups in total. The fourth-order valence-electron chi connectivity index (χ4n) is 1.55. The number of hydrogen-bond acceptors (Lipinski definition) is 4. The first-order valence-electron chi connectivity index (χ1n) is 5.16. The number of benzene rings is 1. The number of carbonyl (C=O) groups is 1. The second-order valence-corrected chi connectivity index (χ2v) is 4.64. The Bertz CT molecular complexity index is 422. The number of methoxy groups -OCH3 is 1. The molecule has 1 heterocycles. The summed E-state index contributed by atoms with van der Waals surface area (Å²) in [7, 11) is 1.44. The van der Waals surface area contributed by atoms with Crippen molar-refractivity contribution in [3.8, 4) is 5.75 Å². The van der Waals surface area contributed by atoms with Gasteiger partial charge >= 0.3 is 0 Å². The number of anilines is 1. The van der Waals surface area contributed by atoms with Crippen LogP contribution in [0.2, 0.25) is 0 Å². The number of nitrogens with one attached hydrogen (secondary N) is 2. The van der Waals surface area contributed by atoms with Crippen LogP contribution >= 0.6 is 11.8 Å². The molecular formula is C11H13FN2O2S. The first kappa shape index (κ1) is 12.2. The molecule has 1 aromatic rings. The smallest absolute Gasteiger partial charge is 0.242 e. The fraction of sp³-hybridized carbons (Fsp3) is 0.364. The molecule has 0 spiro atoms. The van der Waals surface area contributed by atoms with E-state index in [-0.39, 0.29) is 11.9 Å². The van der Waals surface area contributed by atoms with Crippen molar-refractivity contribution >= 4 is 23.4 Å². The molecule has 1 aromatic carbocycles. The van der Waals surface area contributed by atoms with E-state index in [4.69, 9.17) is 4.74 Å². The van der Waals surface area contributed by atoms with Crippen molar-refractivity contribution in [2.24, 2.45) is 0 Å². The zero-order chi connectivity index (χ0) is 12.3. The Balaban J connectivity index is 2.09. The third kappa shape index (κ3) is 2.89. The van der Waals surface area contributed by atoms with Crippen molar-refractivity contribution in [3.63, 3.8) is 0 Å². The van der Waals surface area contributed by atoms with Gasteiger partial charge in [0.15, 0.2) is 0 Å². The average molecular weight is 256 g/mol. The van der Waals surface area contributed by atoms with Gasteiger partial charge < -0.3 is 10.1 Å². The number of ether oxygens (including phenoxy) is 1. The summed E-state index contributed by atoms with van der Waals surface area (Å²) >= 11 is 1.67. The fourth-order valence-corrected chi connectivity index (χ4v) is 2.49. The summed E-state index contributed by atoms with van der Waals surface area (Å²) in [5, 5.41) is 5.79. The van der Waals surface area contributed by atoms with Crippen LogP contribution in [0.3, 0.4) is 0 Å². The molecule has 0 aliphatic carbocycles. The molecular weight excluding hydrogens is 243 g/mol. The third-order valence-corrected chi connectivity index (χ3v) is 3.39. The summed E-state index contributed by atoms with van der Waals surface area (Å²) in [4.78, 5) is 11.8. The summed E-state index contributed by atoms with van der Waals surface area (Å²) in [6.07, 6.45) is 0. The largest absolute Gasteiger partial charge is 0.494 e. The van der Waals surface area contributed by atoms with Crippen LogP contribution in [-0.2, 0) is 4.79 Å². The molecule has 1 fully saturated rings. The molecule has 1 amide bonds. The van der Waals surface area contributed by atoms with E-state index < -0.39 is 5.82 Å². The maximum absolute atomic E-state index is 13.0.